The van der Waals surface area contributed by atoms with Crippen molar-refractivity contribution < 1.29 is 17.6 Å². The number of benzene rings is 2. The van der Waals surface area contributed by atoms with Gasteiger partial charge in [-0.15, -0.1) is 0 Å². The molecular formula is C16H12FN3O3S2. The molecule has 0 atom stereocenters. The fraction of sp³-hybridized carbons (Fsp3) is 0. The Bertz CT molecular complexity index is 982. The maximum absolute atomic E-state index is 12.9. The van der Waals surface area contributed by atoms with E-state index in [0.717, 1.165) is 11.8 Å². The third-order valence-electron chi connectivity index (χ3n) is 3.21. The fourth-order valence-electron chi connectivity index (χ4n) is 2.02. The first-order valence-electron chi connectivity index (χ1n) is 6.99. The van der Waals surface area contributed by atoms with Crippen LogP contribution in [0.1, 0.15) is 5.56 Å². The van der Waals surface area contributed by atoms with Gasteiger partial charge in [-0.05, 0) is 59.8 Å². The zero-order valence-electron chi connectivity index (χ0n) is 12.6. The van der Waals surface area contributed by atoms with Gasteiger partial charge in [-0.1, -0.05) is 12.1 Å². The third kappa shape index (κ3) is 4.32. The minimum atomic E-state index is -3.76. The molecule has 1 heterocycles. The molecule has 0 radical (unpaired) electrons. The number of rotatable bonds is 3. The number of primary sulfonamides is 1. The zero-order chi connectivity index (χ0) is 18.0. The third-order valence-corrected chi connectivity index (χ3v) is 5.05. The summed E-state index contributed by atoms with van der Waals surface area (Å²) in [7, 11) is -3.76. The molecule has 1 aliphatic rings. The minimum absolute atomic E-state index is 0.0172. The van der Waals surface area contributed by atoms with Crippen molar-refractivity contribution in [2.45, 2.75) is 4.90 Å². The van der Waals surface area contributed by atoms with Gasteiger partial charge in [-0.2, -0.15) is 0 Å². The van der Waals surface area contributed by atoms with Crippen LogP contribution >= 0.6 is 11.8 Å². The molecule has 2 aromatic rings. The summed E-state index contributed by atoms with van der Waals surface area (Å²) < 4.78 is 35.4. The molecule has 2 aromatic carbocycles. The van der Waals surface area contributed by atoms with Crippen LogP contribution in [0.3, 0.4) is 0 Å². The van der Waals surface area contributed by atoms with Gasteiger partial charge >= 0.3 is 0 Å². The molecule has 0 saturated carbocycles. The molecule has 3 rings (SSSR count). The molecule has 3 N–H and O–H groups in total. The summed E-state index contributed by atoms with van der Waals surface area (Å²) in [5.74, 6) is -0.662. The lowest BCUT2D eigenvalue weighted by atomic mass is 10.2. The zero-order valence-corrected chi connectivity index (χ0v) is 14.3. The maximum Gasteiger partial charge on any atom is 0.264 e. The van der Waals surface area contributed by atoms with Gasteiger partial charge in [0.15, 0.2) is 5.17 Å². The molecule has 25 heavy (non-hydrogen) atoms. The first-order valence-corrected chi connectivity index (χ1v) is 9.35. The lowest BCUT2D eigenvalue weighted by Crippen LogP contribution is -2.19. The van der Waals surface area contributed by atoms with Gasteiger partial charge in [-0.25, -0.2) is 22.9 Å². The fourth-order valence-corrected chi connectivity index (χ4v) is 3.38. The van der Waals surface area contributed by atoms with Gasteiger partial charge in [0, 0.05) is 0 Å². The van der Waals surface area contributed by atoms with Gasteiger partial charge in [0.05, 0.1) is 15.5 Å². The number of hydrogen-bond donors (Lipinski definition) is 2. The number of halogens is 1. The van der Waals surface area contributed by atoms with Crippen LogP contribution in [-0.2, 0) is 14.8 Å². The van der Waals surface area contributed by atoms with Crippen LogP contribution in [0.25, 0.3) is 6.08 Å². The molecule has 0 aliphatic carbocycles. The molecule has 6 nitrogen and oxygen atoms in total. The summed E-state index contributed by atoms with van der Waals surface area (Å²) in [5.41, 5.74) is 1.16. The number of aliphatic imine (C=N–C) groups is 1. The monoisotopic (exact) mass is 377 g/mol. The van der Waals surface area contributed by atoms with E-state index < -0.39 is 10.0 Å². The summed E-state index contributed by atoms with van der Waals surface area (Å²) in [4.78, 5) is 16.6. The molecule has 1 amide bonds. The number of nitrogens with one attached hydrogen (secondary N) is 1. The van der Waals surface area contributed by atoms with Crippen LogP contribution in [0.5, 0.6) is 0 Å². The summed E-state index contributed by atoms with van der Waals surface area (Å²) in [6.45, 7) is 0. The average Bonchev–Trinajstić information content (AvgIpc) is 2.89. The smallest absolute Gasteiger partial charge is 0.264 e. The van der Waals surface area contributed by atoms with E-state index in [1.165, 1.54) is 36.4 Å². The Labute approximate surface area is 147 Å². The second-order valence-corrected chi connectivity index (χ2v) is 7.66. The van der Waals surface area contributed by atoms with Crippen molar-refractivity contribution in [3.05, 3.63) is 64.8 Å². The highest BCUT2D eigenvalue weighted by Crippen LogP contribution is 2.28. The largest absolute Gasteiger partial charge is 0.300 e. The van der Waals surface area contributed by atoms with E-state index in [2.05, 4.69) is 10.3 Å². The van der Waals surface area contributed by atoms with Gasteiger partial charge in [0.1, 0.15) is 5.82 Å². The SMILES string of the molecule is NS(=O)(=O)c1ccc(N=C2NC(=O)/C(=C\c3ccc(F)cc3)S2)cc1. The van der Waals surface area contributed by atoms with Crippen LogP contribution in [0.2, 0.25) is 0 Å². The number of amides is 1. The van der Waals surface area contributed by atoms with E-state index in [1.807, 2.05) is 0 Å². The second-order valence-electron chi connectivity index (χ2n) is 5.07. The molecule has 0 spiro atoms. The van der Waals surface area contributed by atoms with Crippen molar-refractivity contribution in [3.8, 4) is 0 Å². The highest BCUT2D eigenvalue weighted by Gasteiger charge is 2.23. The first-order chi connectivity index (χ1) is 11.8. The van der Waals surface area contributed by atoms with E-state index in [1.54, 1.807) is 18.2 Å². The van der Waals surface area contributed by atoms with Crippen molar-refractivity contribution in [1.82, 2.24) is 5.32 Å². The number of carbonyl (C=O) groups excluding carboxylic acids is 1. The van der Waals surface area contributed by atoms with Crippen molar-refractivity contribution in [1.29, 1.82) is 0 Å². The molecule has 0 aromatic heterocycles. The van der Waals surface area contributed by atoms with Gasteiger partial charge < -0.3 is 5.32 Å². The van der Waals surface area contributed by atoms with Gasteiger partial charge in [0.2, 0.25) is 10.0 Å². The normalized spacial score (nSPS) is 17.9. The number of thioether (sulfide) groups is 1. The number of hydrogen-bond acceptors (Lipinski definition) is 5. The Morgan fingerprint density at radius 2 is 1.72 bits per heavy atom. The van der Waals surface area contributed by atoms with Crippen molar-refractivity contribution >= 4 is 44.6 Å². The molecule has 128 valence electrons. The van der Waals surface area contributed by atoms with Crippen molar-refractivity contribution in [2.75, 3.05) is 0 Å². The van der Waals surface area contributed by atoms with E-state index in [9.17, 15) is 17.6 Å². The Hall–Kier alpha value is -2.49. The first kappa shape index (κ1) is 17.3. The summed E-state index contributed by atoms with van der Waals surface area (Å²) >= 11 is 1.14. The number of carbonyl (C=O) groups is 1. The Balaban J connectivity index is 1.80. The highest BCUT2D eigenvalue weighted by molar-refractivity contribution is 8.18. The predicted octanol–water partition coefficient (Wildman–Crippen LogP) is 2.36. The summed E-state index contributed by atoms with van der Waals surface area (Å²) in [6, 6.07) is 11.4. The standard InChI is InChI=1S/C16H12FN3O3S2/c17-11-3-1-10(2-4-11)9-14-15(21)20-16(24-14)19-12-5-7-13(8-6-12)25(18,22)23/h1-9H,(H2,18,22,23)(H,19,20,21)/b14-9+. The quantitative estimate of drug-likeness (QED) is 0.802. The number of nitrogens with two attached hydrogens (primary N) is 1. The molecule has 0 unspecified atom stereocenters. The summed E-state index contributed by atoms with van der Waals surface area (Å²) in [6.07, 6.45) is 1.63. The second kappa shape index (κ2) is 6.79. The Kier molecular flexibility index (Phi) is 4.71. The van der Waals surface area contributed by atoms with Gasteiger partial charge in [0.25, 0.3) is 5.91 Å². The van der Waals surface area contributed by atoms with Crippen molar-refractivity contribution in [2.24, 2.45) is 10.1 Å². The minimum Gasteiger partial charge on any atom is -0.300 e. The van der Waals surface area contributed by atoms with Gasteiger partial charge in [-0.3, -0.25) is 4.79 Å². The maximum atomic E-state index is 12.9. The van der Waals surface area contributed by atoms with Crippen LogP contribution in [-0.4, -0.2) is 19.5 Å². The topological polar surface area (TPSA) is 102 Å². The number of sulfonamides is 1. The molecule has 1 saturated heterocycles. The van der Waals surface area contributed by atoms with Crippen LogP contribution < -0.4 is 10.5 Å². The Morgan fingerprint density at radius 3 is 2.32 bits per heavy atom. The molecule has 1 fully saturated rings. The van der Waals surface area contributed by atoms with Crippen LogP contribution in [0.4, 0.5) is 10.1 Å². The number of nitrogens with zero attached hydrogens (tertiary/aromatic N) is 1. The Morgan fingerprint density at radius 1 is 1.08 bits per heavy atom. The molecule has 0 bridgehead atoms. The van der Waals surface area contributed by atoms with E-state index >= 15 is 0 Å². The predicted molar refractivity (Wildman–Crippen MR) is 95.0 cm³/mol. The average molecular weight is 377 g/mol. The van der Waals surface area contributed by atoms with E-state index in [0.29, 0.717) is 21.3 Å². The number of amidine groups is 1. The van der Waals surface area contributed by atoms with E-state index in [-0.39, 0.29) is 16.6 Å². The summed E-state index contributed by atoms with van der Waals surface area (Å²) in [5, 5.41) is 8.01. The van der Waals surface area contributed by atoms with E-state index in [4.69, 9.17) is 5.14 Å². The van der Waals surface area contributed by atoms with Crippen LogP contribution in [0, 0.1) is 5.82 Å². The van der Waals surface area contributed by atoms with Crippen LogP contribution in [0.15, 0.2) is 63.3 Å². The lowest BCUT2D eigenvalue weighted by molar-refractivity contribution is -0.115. The molecular weight excluding hydrogens is 365 g/mol. The molecule has 9 heteroatoms. The van der Waals surface area contributed by atoms with Crippen molar-refractivity contribution in [3.63, 3.8) is 0 Å². The highest BCUT2D eigenvalue weighted by atomic mass is 32.2. The lowest BCUT2D eigenvalue weighted by Gasteiger charge is -1.99. The molecule has 1 aliphatic heterocycles.